The van der Waals surface area contributed by atoms with E-state index < -0.39 is 18.6 Å². The topological polar surface area (TPSA) is 131 Å². The van der Waals surface area contributed by atoms with Crippen LogP contribution in [-0.4, -0.2) is 57.1 Å². The van der Waals surface area contributed by atoms with Crippen LogP contribution in [0.25, 0.3) is 22.8 Å². The number of aliphatic hydroxyl groups excluding tert-OH is 2. The van der Waals surface area contributed by atoms with Crippen molar-refractivity contribution in [1.29, 1.82) is 0 Å². The Morgan fingerprint density at radius 2 is 2.03 bits per heavy atom. The average molecular weight is 469 g/mol. The molecule has 2 heterocycles. The highest BCUT2D eigenvalue weighted by Crippen LogP contribution is 2.31. The van der Waals surface area contributed by atoms with Gasteiger partial charge in [0.05, 0.1) is 5.56 Å². The molecule has 1 amide bonds. The van der Waals surface area contributed by atoms with Gasteiger partial charge in [0.25, 0.3) is 5.89 Å². The zero-order valence-electron chi connectivity index (χ0n) is 20.0. The number of rotatable bonds is 11. The lowest BCUT2D eigenvalue weighted by Crippen LogP contribution is -2.36. The zero-order chi connectivity index (χ0) is 24.7. The molecule has 3 N–H and O–H groups in total. The van der Waals surface area contributed by atoms with Gasteiger partial charge in [-0.2, -0.15) is 4.98 Å². The van der Waals surface area contributed by atoms with E-state index in [2.05, 4.69) is 34.3 Å². The SMILES string of the molecule is CCc1cc(-c2noc(-c3ccc(CC(C)C)nc3)n2)cc(C)c1OC[C@H](O)CNC(=O)CO. The lowest BCUT2D eigenvalue weighted by atomic mass is 10.0. The highest BCUT2D eigenvalue weighted by molar-refractivity contribution is 5.76. The van der Waals surface area contributed by atoms with Gasteiger partial charge in [-0.1, -0.05) is 25.9 Å². The van der Waals surface area contributed by atoms with E-state index in [0.29, 0.717) is 29.8 Å². The van der Waals surface area contributed by atoms with Crippen molar-refractivity contribution in [2.24, 2.45) is 5.92 Å². The minimum Gasteiger partial charge on any atom is -0.490 e. The maximum absolute atomic E-state index is 11.1. The highest BCUT2D eigenvalue weighted by atomic mass is 16.5. The Morgan fingerprint density at radius 1 is 1.24 bits per heavy atom. The first-order chi connectivity index (χ1) is 16.3. The third-order valence-electron chi connectivity index (χ3n) is 5.20. The number of aryl methyl sites for hydroxylation is 2. The molecule has 0 bridgehead atoms. The van der Waals surface area contributed by atoms with Crippen LogP contribution in [0, 0.1) is 12.8 Å². The van der Waals surface area contributed by atoms with Crippen molar-refractivity contribution in [1.82, 2.24) is 20.4 Å². The van der Waals surface area contributed by atoms with Crippen molar-refractivity contribution in [3.8, 4) is 28.6 Å². The Bertz CT molecular complexity index is 1100. The van der Waals surface area contributed by atoms with E-state index in [-0.39, 0.29) is 13.2 Å². The van der Waals surface area contributed by atoms with Crippen molar-refractivity contribution in [3.63, 3.8) is 0 Å². The molecule has 34 heavy (non-hydrogen) atoms. The predicted molar refractivity (Wildman–Crippen MR) is 127 cm³/mol. The first-order valence-corrected chi connectivity index (χ1v) is 11.4. The van der Waals surface area contributed by atoms with Crippen molar-refractivity contribution in [2.45, 2.75) is 46.6 Å². The molecule has 0 unspecified atom stereocenters. The van der Waals surface area contributed by atoms with Gasteiger partial charge in [-0.15, -0.1) is 0 Å². The van der Waals surface area contributed by atoms with Gasteiger partial charge >= 0.3 is 0 Å². The van der Waals surface area contributed by atoms with Crippen molar-refractivity contribution in [2.75, 3.05) is 19.8 Å². The van der Waals surface area contributed by atoms with Crippen LogP contribution in [0.3, 0.4) is 0 Å². The number of nitrogens with zero attached hydrogens (tertiary/aromatic N) is 3. The van der Waals surface area contributed by atoms with E-state index in [1.807, 2.05) is 38.1 Å². The number of benzene rings is 1. The lowest BCUT2D eigenvalue weighted by Gasteiger charge is -2.17. The van der Waals surface area contributed by atoms with E-state index in [1.54, 1.807) is 6.20 Å². The van der Waals surface area contributed by atoms with Crippen LogP contribution >= 0.6 is 0 Å². The molecule has 1 aromatic carbocycles. The summed E-state index contributed by atoms with van der Waals surface area (Å²) >= 11 is 0. The largest absolute Gasteiger partial charge is 0.490 e. The van der Waals surface area contributed by atoms with Crippen LogP contribution in [0.15, 0.2) is 35.0 Å². The molecule has 0 aliphatic carbocycles. The number of nitrogens with one attached hydrogen (secondary N) is 1. The fourth-order valence-electron chi connectivity index (χ4n) is 3.52. The predicted octanol–water partition coefficient (Wildman–Crippen LogP) is 2.72. The molecular formula is C25H32N4O5. The fraction of sp³-hybridized carbons (Fsp3) is 0.440. The van der Waals surface area contributed by atoms with Crippen LogP contribution in [0.1, 0.15) is 37.6 Å². The maximum atomic E-state index is 11.1. The molecule has 0 spiro atoms. The molecule has 0 aliphatic heterocycles. The van der Waals surface area contributed by atoms with E-state index in [4.69, 9.17) is 14.4 Å². The Balaban J connectivity index is 1.73. The molecule has 3 rings (SSSR count). The van der Waals surface area contributed by atoms with Crippen LogP contribution < -0.4 is 10.1 Å². The number of pyridine rings is 1. The highest BCUT2D eigenvalue weighted by Gasteiger charge is 2.16. The smallest absolute Gasteiger partial charge is 0.259 e. The zero-order valence-corrected chi connectivity index (χ0v) is 20.0. The molecule has 0 aliphatic rings. The summed E-state index contributed by atoms with van der Waals surface area (Å²) in [6, 6.07) is 7.78. The molecule has 0 radical (unpaired) electrons. The summed E-state index contributed by atoms with van der Waals surface area (Å²) in [5.41, 5.74) is 4.40. The van der Waals surface area contributed by atoms with Gasteiger partial charge in [0.15, 0.2) is 0 Å². The Morgan fingerprint density at radius 3 is 2.68 bits per heavy atom. The van der Waals surface area contributed by atoms with Gasteiger partial charge in [-0.25, -0.2) is 0 Å². The summed E-state index contributed by atoms with van der Waals surface area (Å²) in [6.45, 7) is 7.62. The molecule has 9 nitrogen and oxygen atoms in total. The lowest BCUT2D eigenvalue weighted by molar-refractivity contribution is -0.124. The number of carbonyl (C=O) groups excluding carboxylic acids is 1. The standard InChI is InChI=1S/C25H32N4O5/c1-5-17-10-19(9-16(4)23(17)33-14-21(31)12-27-22(32)13-30)24-28-25(34-29-24)18-6-7-20(26-11-18)8-15(2)3/h6-7,9-11,15,21,30-31H,5,8,12-14H2,1-4H3,(H,27,32)/t21-/m1/s1. The second-order valence-corrected chi connectivity index (χ2v) is 8.62. The van der Waals surface area contributed by atoms with E-state index in [1.165, 1.54) is 0 Å². The van der Waals surface area contributed by atoms with Crippen LogP contribution in [0.2, 0.25) is 0 Å². The van der Waals surface area contributed by atoms with Gasteiger partial charge in [0.1, 0.15) is 25.1 Å². The van der Waals surface area contributed by atoms with Gasteiger partial charge in [0, 0.05) is 24.0 Å². The third kappa shape index (κ3) is 6.61. The van der Waals surface area contributed by atoms with E-state index in [0.717, 1.165) is 34.4 Å². The fourth-order valence-corrected chi connectivity index (χ4v) is 3.52. The molecule has 1 atom stereocenters. The summed E-state index contributed by atoms with van der Waals surface area (Å²) in [5.74, 6) is 1.54. The molecule has 182 valence electrons. The first kappa shape index (κ1) is 25.3. The molecular weight excluding hydrogens is 436 g/mol. The molecule has 0 fully saturated rings. The normalized spacial score (nSPS) is 12.1. The first-order valence-electron chi connectivity index (χ1n) is 11.4. The molecule has 0 saturated heterocycles. The Labute approximate surface area is 199 Å². The van der Waals surface area contributed by atoms with E-state index >= 15 is 0 Å². The maximum Gasteiger partial charge on any atom is 0.259 e. The average Bonchev–Trinajstić information content (AvgIpc) is 3.31. The number of amides is 1. The molecule has 2 aromatic heterocycles. The van der Waals surface area contributed by atoms with Crippen LogP contribution in [-0.2, 0) is 17.6 Å². The number of hydrogen-bond donors (Lipinski definition) is 3. The number of carbonyl (C=O) groups is 1. The van der Waals surface area contributed by atoms with Crippen molar-refractivity contribution in [3.05, 3.63) is 47.3 Å². The summed E-state index contributed by atoms with van der Waals surface area (Å²) in [4.78, 5) is 20.2. The minimum atomic E-state index is -0.903. The van der Waals surface area contributed by atoms with Gasteiger partial charge in [-0.3, -0.25) is 9.78 Å². The van der Waals surface area contributed by atoms with Crippen LogP contribution in [0.4, 0.5) is 0 Å². The van der Waals surface area contributed by atoms with Gasteiger partial charge in [0.2, 0.25) is 11.7 Å². The summed E-state index contributed by atoms with van der Waals surface area (Å²) in [6.07, 6.45) is 2.47. The summed E-state index contributed by atoms with van der Waals surface area (Å²) < 4.78 is 11.3. The second-order valence-electron chi connectivity index (χ2n) is 8.62. The van der Waals surface area contributed by atoms with Crippen molar-refractivity contribution >= 4 is 5.91 Å². The van der Waals surface area contributed by atoms with Gasteiger partial charge in [-0.05, 0) is 61.1 Å². The van der Waals surface area contributed by atoms with Crippen molar-refractivity contribution < 1.29 is 24.3 Å². The summed E-state index contributed by atoms with van der Waals surface area (Å²) in [7, 11) is 0. The summed E-state index contributed by atoms with van der Waals surface area (Å²) in [5, 5.41) is 25.4. The number of aliphatic hydroxyl groups is 2. The quantitative estimate of drug-likeness (QED) is 0.392. The number of hydrogen-bond acceptors (Lipinski definition) is 8. The number of aromatic nitrogens is 3. The van der Waals surface area contributed by atoms with Gasteiger partial charge < -0.3 is 24.8 Å². The third-order valence-corrected chi connectivity index (χ3v) is 5.20. The Kier molecular flexibility index (Phi) is 8.72. The van der Waals surface area contributed by atoms with E-state index in [9.17, 15) is 9.90 Å². The molecule has 9 heteroatoms. The minimum absolute atomic E-state index is 0.00305. The van der Waals surface area contributed by atoms with Crippen LogP contribution in [0.5, 0.6) is 5.75 Å². The molecule has 3 aromatic rings. The Hall–Kier alpha value is -3.30. The molecule has 0 saturated carbocycles. The monoisotopic (exact) mass is 468 g/mol. The second kappa shape index (κ2) is 11.7. The number of ether oxygens (including phenoxy) is 1.